The minimum Gasteiger partial charge on any atom is -0.388 e. The molecule has 2 atom stereocenters. The number of nitrogens with one attached hydrogen (secondary N) is 1. The summed E-state index contributed by atoms with van der Waals surface area (Å²) in [6, 6.07) is -0.116. The van der Waals surface area contributed by atoms with E-state index in [1.165, 1.54) is 12.8 Å². The summed E-state index contributed by atoms with van der Waals surface area (Å²) in [7, 11) is 1.76. The molecule has 2 amide bonds. The van der Waals surface area contributed by atoms with E-state index in [0.29, 0.717) is 19.0 Å². The zero-order valence-electron chi connectivity index (χ0n) is 14.6. The predicted molar refractivity (Wildman–Crippen MR) is 91.3 cm³/mol. The first-order valence-electron chi connectivity index (χ1n) is 8.90. The van der Waals surface area contributed by atoms with Crippen molar-refractivity contribution >= 4 is 6.03 Å². The van der Waals surface area contributed by atoms with Crippen LogP contribution in [0.25, 0.3) is 0 Å². The number of hydrogen-bond acceptors (Lipinski definition) is 3. The van der Waals surface area contributed by atoms with Crippen LogP contribution in [0.3, 0.4) is 0 Å². The second-order valence-corrected chi connectivity index (χ2v) is 7.37. The molecule has 5 nitrogen and oxygen atoms in total. The highest BCUT2D eigenvalue weighted by molar-refractivity contribution is 5.73. The van der Waals surface area contributed by atoms with Crippen molar-refractivity contribution in [3.05, 3.63) is 12.2 Å². The van der Waals surface area contributed by atoms with Crippen molar-refractivity contribution in [1.29, 1.82) is 0 Å². The van der Waals surface area contributed by atoms with Gasteiger partial charge in [-0.05, 0) is 26.2 Å². The monoisotopic (exact) mass is 324 g/mol. The molecule has 0 spiro atoms. The lowest BCUT2D eigenvalue weighted by atomic mass is 9.94. The lowest BCUT2D eigenvalue weighted by Gasteiger charge is -2.32. The molecule has 0 aromatic rings. The molecular formula is C18H32N2O3. The summed E-state index contributed by atoms with van der Waals surface area (Å²) in [6.45, 7) is 7.67. The molecule has 5 heteroatoms. The summed E-state index contributed by atoms with van der Waals surface area (Å²) in [6.07, 6.45) is 7.04. The zero-order chi connectivity index (χ0) is 16.9. The van der Waals surface area contributed by atoms with Gasteiger partial charge in [-0.2, -0.15) is 0 Å². The van der Waals surface area contributed by atoms with Gasteiger partial charge >= 0.3 is 6.03 Å². The highest BCUT2D eigenvalue weighted by Crippen LogP contribution is 2.28. The third-order valence-electron chi connectivity index (χ3n) is 5.13. The van der Waals surface area contributed by atoms with Crippen molar-refractivity contribution < 1.29 is 14.6 Å². The van der Waals surface area contributed by atoms with Crippen molar-refractivity contribution in [2.24, 2.45) is 5.92 Å². The van der Waals surface area contributed by atoms with E-state index in [2.05, 4.69) is 11.9 Å². The highest BCUT2D eigenvalue weighted by Gasteiger charge is 2.32. The molecule has 132 valence electrons. The molecule has 0 aromatic heterocycles. The van der Waals surface area contributed by atoms with Gasteiger partial charge < -0.3 is 20.1 Å². The quantitative estimate of drug-likeness (QED) is 0.604. The lowest BCUT2D eigenvalue weighted by molar-refractivity contribution is 0.00451. The third-order valence-corrected chi connectivity index (χ3v) is 5.13. The molecule has 1 saturated heterocycles. The molecule has 23 heavy (non-hydrogen) atoms. The SMILES string of the molecule is C=C(C)[C@H]1OCC[C@@H]1CNC(=O)N(C)CC1(O)CCCCCC1. The van der Waals surface area contributed by atoms with E-state index < -0.39 is 5.60 Å². The van der Waals surface area contributed by atoms with Crippen molar-refractivity contribution in [2.75, 3.05) is 26.7 Å². The maximum absolute atomic E-state index is 12.3. The predicted octanol–water partition coefficient (Wildman–Crippen LogP) is 2.69. The zero-order valence-corrected chi connectivity index (χ0v) is 14.6. The Hall–Kier alpha value is -1.07. The number of amides is 2. The molecule has 2 fully saturated rings. The average molecular weight is 324 g/mol. The van der Waals surface area contributed by atoms with E-state index >= 15 is 0 Å². The summed E-state index contributed by atoms with van der Waals surface area (Å²) < 4.78 is 5.67. The van der Waals surface area contributed by atoms with Gasteiger partial charge in [0.25, 0.3) is 0 Å². The molecule has 1 aliphatic carbocycles. The molecule has 1 heterocycles. The maximum Gasteiger partial charge on any atom is 0.317 e. The fourth-order valence-electron chi connectivity index (χ4n) is 3.80. The Labute approximate surface area is 140 Å². The number of aliphatic hydroxyl groups is 1. The number of carbonyl (C=O) groups is 1. The summed E-state index contributed by atoms with van der Waals surface area (Å²) in [4.78, 5) is 13.9. The van der Waals surface area contributed by atoms with Crippen LogP contribution in [-0.4, -0.2) is 54.5 Å². The molecule has 2 aliphatic rings. The third kappa shape index (κ3) is 5.21. The topological polar surface area (TPSA) is 61.8 Å². The van der Waals surface area contributed by atoms with Crippen LogP contribution in [0.2, 0.25) is 0 Å². The minimum absolute atomic E-state index is 0.0478. The van der Waals surface area contributed by atoms with Gasteiger partial charge in [-0.3, -0.25) is 0 Å². The standard InChI is InChI=1S/C18H32N2O3/c1-14(2)16-15(8-11-23-16)12-19-17(21)20(3)13-18(22)9-6-4-5-7-10-18/h15-16,22H,1,4-13H2,2-3H3,(H,19,21)/t15-,16-/m1/s1. The number of rotatable bonds is 5. The Bertz CT molecular complexity index is 416. The van der Waals surface area contributed by atoms with Gasteiger partial charge in [-0.1, -0.05) is 37.8 Å². The van der Waals surface area contributed by atoms with E-state index in [1.807, 2.05) is 6.92 Å². The Balaban J connectivity index is 1.79. The van der Waals surface area contributed by atoms with Gasteiger partial charge in [0.1, 0.15) is 0 Å². The van der Waals surface area contributed by atoms with Gasteiger partial charge in [0.15, 0.2) is 0 Å². The molecule has 2 rings (SSSR count). The first-order chi connectivity index (χ1) is 10.9. The summed E-state index contributed by atoms with van der Waals surface area (Å²) in [5.41, 5.74) is 0.294. The first-order valence-corrected chi connectivity index (χ1v) is 8.90. The Morgan fingerprint density at radius 2 is 2.00 bits per heavy atom. The van der Waals surface area contributed by atoms with E-state index in [1.54, 1.807) is 11.9 Å². The van der Waals surface area contributed by atoms with Crippen LogP contribution in [0.1, 0.15) is 51.9 Å². The molecular weight excluding hydrogens is 292 g/mol. The number of likely N-dealkylation sites (N-methyl/N-ethyl adjacent to an activating group) is 1. The first kappa shape index (κ1) is 18.3. The molecule has 1 saturated carbocycles. The van der Waals surface area contributed by atoms with Crippen molar-refractivity contribution in [3.8, 4) is 0 Å². The Morgan fingerprint density at radius 1 is 1.35 bits per heavy atom. The number of hydrogen-bond donors (Lipinski definition) is 2. The molecule has 0 radical (unpaired) electrons. The maximum atomic E-state index is 12.3. The van der Waals surface area contributed by atoms with Crippen molar-refractivity contribution in [2.45, 2.75) is 63.6 Å². The largest absolute Gasteiger partial charge is 0.388 e. The van der Waals surface area contributed by atoms with Crippen LogP contribution in [0.15, 0.2) is 12.2 Å². The number of carbonyl (C=O) groups excluding carboxylic acids is 1. The normalized spacial score (nSPS) is 27.3. The molecule has 0 aromatic carbocycles. The van der Waals surface area contributed by atoms with E-state index in [-0.39, 0.29) is 12.1 Å². The summed E-state index contributed by atoms with van der Waals surface area (Å²) >= 11 is 0. The van der Waals surface area contributed by atoms with Crippen LogP contribution in [0.4, 0.5) is 4.79 Å². The number of ether oxygens (including phenoxy) is 1. The van der Waals surface area contributed by atoms with Crippen LogP contribution < -0.4 is 5.32 Å². The van der Waals surface area contributed by atoms with Crippen LogP contribution >= 0.6 is 0 Å². The number of urea groups is 1. The van der Waals surface area contributed by atoms with E-state index in [4.69, 9.17) is 4.74 Å². The second-order valence-electron chi connectivity index (χ2n) is 7.37. The smallest absolute Gasteiger partial charge is 0.317 e. The molecule has 1 aliphatic heterocycles. The molecule has 0 bridgehead atoms. The fraction of sp³-hybridized carbons (Fsp3) is 0.833. The van der Waals surface area contributed by atoms with Gasteiger partial charge in [0.2, 0.25) is 0 Å². The fourth-order valence-corrected chi connectivity index (χ4v) is 3.80. The second kappa shape index (κ2) is 8.15. The van der Waals surface area contributed by atoms with Gasteiger partial charge in [0, 0.05) is 26.1 Å². The Kier molecular flexibility index (Phi) is 6.48. The highest BCUT2D eigenvalue weighted by atomic mass is 16.5. The van der Waals surface area contributed by atoms with Crippen LogP contribution in [0, 0.1) is 5.92 Å². The average Bonchev–Trinajstić information content (AvgIpc) is 2.87. The summed E-state index contributed by atoms with van der Waals surface area (Å²) in [5.74, 6) is 0.297. The summed E-state index contributed by atoms with van der Waals surface area (Å²) in [5, 5.41) is 13.7. The number of nitrogens with zero attached hydrogens (tertiary/aromatic N) is 1. The molecule has 0 unspecified atom stereocenters. The van der Waals surface area contributed by atoms with Crippen LogP contribution in [-0.2, 0) is 4.74 Å². The van der Waals surface area contributed by atoms with Gasteiger partial charge in [-0.25, -0.2) is 4.79 Å². The van der Waals surface area contributed by atoms with Crippen molar-refractivity contribution in [1.82, 2.24) is 10.2 Å². The van der Waals surface area contributed by atoms with E-state index in [0.717, 1.165) is 44.3 Å². The van der Waals surface area contributed by atoms with Crippen molar-refractivity contribution in [3.63, 3.8) is 0 Å². The minimum atomic E-state index is -0.723. The Morgan fingerprint density at radius 3 is 2.61 bits per heavy atom. The van der Waals surface area contributed by atoms with Crippen LogP contribution in [0.5, 0.6) is 0 Å². The van der Waals surface area contributed by atoms with Gasteiger partial charge in [0.05, 0.1) is 18.2 Å². The molecule has 2 N–H and O–H groups in total. The van der Waals surface area contributed by atoms with Gasteiger partial charge in [-0.15, -0.1) is 0 Å². The lowest BCUT2D eigenvalue weighted by Crippen LogP contribution is -2.48. The van der Waals surface area contributed by atoms with E-state index in [9.17, 15) is 9.90 Å².